The van der Waals surface area contributed by atoms with E-state index in [2.05, 4.69) is 84.9 Å². The molecule has 1 aliphatic rings. The zero-order valence-electron chi connectivity index (χ0n) is 26.8. The molecule has 6 nitrogen and oxygen atoms in total. The van der Waals surface area contributed by atoms with E-state index in [1.807, 2.05) is 70.2 Å². The summed E-state index contributed by atoms with van der Waals surface area (Å²) in [4.78, 5) is 19.7. The lowest BCUT2D eigenvalue weighted by atomic mass is 9.88. The summed E-state index contributed by atoms with van der Waals surface area (Å²) in [6.45, 7) is 8.15. The van der Waals surface area contributed by atoms with Gasteiger partial charge in [0, 0.05) is 33.0 Å². The normalized spacial score (nSPS) is 15.4. The molecule has 1 fully saturated rings. The van der Waals surface area contributed by atoms with Crippen molar-refractivity contribution in [3.05, 3.63) is 127 Å². The lowest BCUT2D eigenvalue weighted by molar-refractivity contribution is 0.00578. The highest BCUT2D eigenvalue weighted by Gasteiger charge is 2.53. The van der Waals surface area contributed by atoms with Crippen LogP contribution in [0.25, 0.3) is 66.8 Å². The second-order valence-electron chi connectivity index (χ2n) is 13.0. The zero-order chi connectivity index (χ0) is 32.2. The monoisotopic (exact) mass is 612 g/mol. The van der Waals surface area contributed by atoms with Crippen molar-refractivity contribution in [3.8, 4) is 45.0 Å². The van der Waals surface area contributed by atoms with E-state index in [9.17, 15) is 0 Å². The van der Waals surface area contributed by atoms with E-state index in [1.165, 1.54) is 0 Å². The molecule has 0 amide bonds. The molecule has 8 rings (SSSR count). The number of para-hydroxylation sites is 2. The lowest BCUT2D eigenvalue weighted by Gasteiger charge is -2.32. The van der Waals surface area contributed by atoms with E-state index in [0.717, 1.165) is 66.8 Å². The quantitative estimate of drug-likeness (QED) is 0.182. The van der Waals surface area contributed by atoms with Crippen LogP contribution >= 0.6 is 0 Å². The molecule has 1 saturated heterocycles. The van der Waals surface area contributed by atoms with Crippen LogP contribution in [0.1, 0.15) is 27.7 Å². The van der Waals surface area contributed by atoms with Gasteiger partial charge in [-0.1, -0.05) is 97.1 Å². The number of benzene rings is 4. The van der Waals surface area contributed by atoms with Crippen LogP contribution in [-0.2, 0) is 9.31 Å². The van der Waals surface area contributed by atoms with Crippen LogP contribution in [0.15, 0.2) is 127 Å². The Hall–Kier alpha value is -5.24. The highest BCUT2D eigenvalue weighted by molar-refractivity contribution is 6.60. The molecule has 1 aliphatic heterocycles. The molecule has 4 heterocycles. The molecular formula is C40H33BN4O2. The number of hydrogen-bond acceptors (Lipinski definition) is 6. The van der Waals surface area contributed by atoms with Crippen molar-refractivity contribution in [2.75, 3.05) is 0 Å². The van der Waals surface area contributed by atoms with Crippen LogP contribution < -0.4 is 5.72 Å². The maximum atomic E-state index is 6.39. The Morgan fingerprint density at radius 2 is 0.809 bits per heavy atom. The Balaban J connectivity index is 1.16. The maximum Gasteiger partial charge on any atom is 0.534 e. The lowest BCUT2D eigenvalue weighted by Crippen LogP contribution is -2.41. The molecule has 0 spiro atoms. The Bertz CT molecular complexity index is 2110. The second kappa shape index (κ2) is 11.2. The van der Waals surface area contributed by atoms with Crippen molar-refractivity contribution in [3.63, 3.8) is 0 Å². The summed E-state index contributed by atoms with van der Waals surface area (Å²) in [7, 11) is -0.694. The zero-order valence-corrected chi connectivity index (χ0v) is 26.8. The first-order valence-corrected chi connectivity index (χ1v) is 15.9. The van der Waals surface area contributed by atoms with Gasteiger partial charge in [-0.15, -0.1) is 0 Å². The number of hydrogen-bond donors (Lipinski definition) is 0. The third-order valence-electron chi connectivity index (χ3n) is 9.36. The first kappa shape index (κ1) is 29.2. The van der Waals surface area contributed by atoms with Gasteiger partial charge in [-0.05, 0) is 58.0 Å². The average Bonchev–Trinajstić information content (AvgIpc) is 3.33. The van der Waals surface area contributed by atoms with Crippen LogP contribution in [0.5, 0.6) is 0 Å². The Morgan fingerprint density at radius 1 is 0.426 bits per heavy atom. The van der Waals surface area contributed by atoms with Gasteiger partial charge >= 0.3 is 7.12 Å². The van der Waals surface area contributed by atoms with Crippen LogP contribution in [0.2, 0.25) is 0 Å². The topological polar surface area (TPSA) is 70.0 Å². The molecule has 0 atom stereocenters. The van der Waals surface area contributed by atoms with Gasteiger partial charge in [-0.2, -0.15) is 0 Å². The summed E-state index contributed by atoms with van der Waals surface area (Å²) in [6, 6.07) is 43.4. The van der Waals surface area contributed by atoms with Crippen LogP contribution in [-0.4, -0.2) is 38.3 Å². The number of fused-ring (bicyclic) bond motifs is 2. The van der Waals surface area contributed by atoms with E-state index in [1.54, 1.807) is 0 Å². The molecule has 228 valence electrons. The predicted molar refractivity (Wildman–Crippen MR) is 190 cm³/mol. The summed E-state index contributed by atoms with van der Waals surface area (Å²) >= 11 is 0. The minimum Gasteiger partial charge on any atom is -0.397 e. The summed E-state index contributed by atoms with van der Waals surface area (Å²) in [5.41, 5.74) is 8.87. The molecule has 0 saturated carbocycles. The van der Waals surface area contributed by atoms with Gasteiger partial charge in [0.1, 0.15) is 0 Å². The minimum atomic E-state index is -0.694. The third kappa shape index (κ3) is 5.48. The molecule has 0 unspecified atom stereocenters. The van der Waals surface area contributed by atoms with Gasteiger partial charge in [-0.3, -0.25) is 0 Å². The van der Waals surface area contributed by atoms with E-state index >= 15 is 0 Å². The number of aromatic nitrogens is 4. The third-order valence-corrected chi connectivity index (χ3v) is 9.36. The number of nitrogens with zero attached hydrogens (tertiary/aromatic N) is 4. The van der Waals surface area contributed by atoms with Crippen LogP contribution in [0.4, 0.5) is 0 Å². The summed E-state index contributed by atoms with van der Waals surface area (Å²) < 4.78 is 12.8. The van der Waals surface area contributed by atoms with Crippen molar-refractivity contribution >= 4 is 34.6 Å². The van der Waals surface area contributed by atoms with Crippen molar-refractivity contribution in [2.24, 2.45) is 0 Å². The molecular weight excluding hydrogens is 579 g/mol. The maximum absolute atomic E-state index is 6.39. The molecule has 7 heteroatoms. The molecule has 3 aromatic heterocycles. The smallest absolute Gasteiger partial charge is 0.397 e. The Labute approximate surface area is 274 Å². The molecule has 7 aromatic rings. The average molecular weight is 613 g/mol. The summed E-state index contributed by atoms with van der Waals surface area (Å²) in [5.74, 6) is 0. The van der Waals surface area contributed by atoms with Crippen LogP contribution in [0, 0.1) is 0 Å². The first-order chi connectivity index (χ1) is 22.7. The van der Waals surface area contributed by atoms with Gasteiger partial charge in [-0.25, -0.2) is 19.9 Å². The largest absolute Gasteiger partial charge is 0.534 e. The van der Waals surface area contributed by atoms with E-state index in [4.69, 9.17) is 29.2 Å². The fourth-order valence-electron chi connectivity index (χ4n) is 5.89. The molecule has 47 heavy (non-hydrogen) atoms. The SMILES string of the molecule is CC1(C)OB(c2nc(-c3ccc(-c4ccc5ccccc5n4)cc3)cc(-c3ccc(-c4ccc5ccccc5n4)cc3)n2)OC1(C)C. The predicted octanol–water partition coefficient (Wildman–Crippen LogP) is 8.54. The van der Waals surface area contributed by atoms with Crippen molar-refractivity contribution in [2.45, 2.75) is 38.9 Å². The van der Waals surface area contributed by atoms with Gasteiger partial charge in [0.15, 0.2) is 5.72 Å². The summed E-state index contributed by atoms with van der Waals surface area (Å²) in [5, 5.41) is 2.25. The van der Waals surface area contributed by atoms with E-state index in [-0.39, 0.29) is 0 Å². The standard InChI is InChI=1S/C40H33BN4O2/c1-39(2)40(3,4)47-41(46-39)38-44-36(30-17-13-28(14-18-30)34-23-21-26-9-5-7-11-32(26)42-34)25-37(45-38)31-19-15-29(16-20-31)35-24-22-27-10-6-8-12-33(27)43-35/h5-25H,1-4H3. The fourth-order valence-corrected chi connectivity index (χ4v) is 5.89. The fraction of sp³-hybridized carbons (Fsp3) is 0.150. The van der Waals surface area contributed by atoms with E-state index in [0.29, 0.717) is 5.72 Å². The number of pyridine rings is 2. The van der Waals surface area contributed by atoms with Crippen molar-refractivity contribution < 1.29 is 9.31 Å². The number of rotatable bonds is 5. The van der Waals surface area contributed by atoms with Gasteiger partial charge in [0.2, 0.25) is 0 Å². The van der Waals surface area contributed by atoms with Gasteiger partial charge in [0.05, 0.1) is 45.0 Å². The van der Waals surface area contributed by atoms with Crippen molar-refractivity contribution in [1.29, 1.82) is 0 Å². The Kier molecular flexibility index (Phi) is 6.97. The van der Waals surface area contributed by atoms with Gasteiger partial charge in [0.25, 0.3) is 0 Å². The molecule has 4 aromatic carbocycles. The first-order valence-electron chi connectivity index (χ1n) is 15.9. The van der Waals surface area contributed by atoms with Crippen molar-refractivity contribution in [1.82, 2.24) is 19.9 Å². The highest BCUT2D eigenvalue weighted by Crippen LogP contribution is 2.37. The molecule has 0 radical (unpaired) electrons. The second-order valence-corrected chi connectivity index (χ2v) is 13.0. The molecule has 0 N–H and O–H groups in total. The van der Waals surface area contributed by atoms with E-state index < -0.39 is 18.3 Å². The molecule has 0 aliphatic carbocycles. The highest BCUT2D eigenvalue weighted by atomic mass is 16.7. The van der Waals surface area contributed by atoms with Gasteiger partial charge < -0.3 is 9.31 Å². The minimum absolute atomic E-state index is 0.497. The summed E-state index contributed by atoms with van der Waals surface area (Å²) in [6.07, 6.45) is 0. The Morgan fingerprint density at radius 3 is 1.23 bits per heavy atom. The van der Waals surface area contributed by atoms with Crippen LogP contribution in [0.3, 0.4) is 0 Å². The molecule has 0 bridgehead atoms.